The molecule has 38 heavy (non-hydrogen) atoms. The van der Waals surface area contributed by atoms with Crippen molar-refractivity contribution >= 4 is 17.3 Å². The van der Waals surface area contributed by atoms with Crippen molar-refractivity contribution in [1.82, 2.24) is 9.80 Å². The molecule has 2 saturated carbocycles. The van der Waals surface area contributed by atoms with Crippen LogP contribution in [0.15, 0.2) is 77.9 Å². The Kier molecular flexibility index (Phi) is 6.49. The fraction of sp³-hybridized carbons (Fsp3) is 0.500. The quantitative estimate of drug-likeness (QED) is 0.364. The van der Waals surface area contributed by atoms with E-state index in [2.05, 4.69) is 58.4 Å². The van der Waals surface area contributed by atoms with Crippen LogP contribution >= 0.6 is 0 Å². The number of amides is 1. The van der Waals surface area contributed by atoms with Gasteiger partial charge in [-0.2, -0.15) is 0 Å². The highest BCUT2D eigenvalue weighted by Crippen LogP contribution is 2.52. The van der Waals surface area contributed by atoms with E-state index in [4.69, 9.17) is 0 Å². The Hall–Kier alpha value is -2.69. The van der Waals surface area contributed by atoms with Crippen molar-refractivity contribution in [2.45, 2.75) is 56.8 Å². The van der Waals surface area contributed by atoms with Crippen LogP contribution in [0.4, 0.5) is 11.4 Å². The number of nitrogens with zero attached hydrogens (tertiary/aromatic N) is 3. The van der Waals surface area contributed by atoms with E-state index in [1.165, 1.54) is 55.5 Å². The van der Waals surface area contributed by atoms with E-state index in [-0.39, 0.29) is 5.91 Å². The van der Waals surface area contributed by atoms with Gasteiger partial charge in [0.05, 0.1) is 11.1 Å². The third-order valence-electron chi connectivity index (χ3n) is 9.55. The summed E-state index contributed by atoms with van der Waals surface area (Å²) in [4.78, 5) is 22.0. The number of hydrogen-bond donors (Lipinski definition) is 0. The molecule has 0 aromatic heterocycles. The summed E-state index contributed by atoms with van der Waals surface area (Å²) < 4.78 is 0. The van der Waals surface area contributed by atoms with E-state index >= 15 is 0 Å². The lowest BCUT2D eigenvalue weighted by molar-refractivity contribution is -0.122. The van der Waals surface area contributed by atoms with Gasteiger partial charge in [0, 0.05) is 45.0 Å². The van der Waals surface area contributed by atoms with Gasteiger partial charge in [-0.1, -0.05) is 59.7 Å². The van der Waals surface area contributed by atoms with Crippen LogP contribution in [0.1, 0.15) is 56.9 Å². The second kappa shape index (κ2) is 10.1. The molecule has 0 atom stereocenters. The second-order valence-corrected chi connectivity index (χ2v) is 12.6. The summed E-state index contributed by atoms with van der Waals surface area (Å²) in [7, 11) is 0. The Bertz CT molecular complexity index is 1200. The van der Waals surface area contributed by atoms with E-state index in [9.17, 15) is 4.79 Å². The molecule has 2 fully saturated rings. The lowest BCUT2D eigenvalue weighted by Gasteiger charge is -2.35. The fourth-order valence-electron chi connectivity index (χ4n) is 7.02. The zero-order chi connectivity index (χ0) is 25.5. The van der Waals surface area contributed by atoms with E-state index in [0.717, 1.165) is 75.1 Å². The number of fused-ring (bicyclic) bond motifs is 1. The average Bonchev–Trinajstić information content (AvgIpc) is 3.89. The molecule has 0 unspecified atom stereocenters. The van der Waals surface area contributed by atoms with Gasteiger partial charge < -0.3 is 0 Å². The van der Waals surface area contributed by atoms with Gasteiger partial charge in [-0.25, -0.2) is 0 Å². The highest BCUT2D eigenvalue weighted by molar-refractivity contribution is 6.13. The highest BCUT2D eigenvalue weighted by atomic mass is 16.2. The maximum atomic E-state index is 14.7. The molecule has 0 N–H and O–H groups in total. The van der Waals surface area contributed by atoms with Crippen molar-refractivity contribution in [3.8, 4) is 0 Å². The number of carbonyl (C=O) groups is 1. The first-order valence-electron chi connectivity index (χ1n) is 15.0. The van der Waals surface area contributed by atoms with Crippen LogP contribution in [0.25, 0.3) is 0 Å². The number of carbonyl (C=O) groups excluding carboxylic acids is 1. The van der Waals surface area contributed by atoms with E-state index in [1.807, 2.05) is 23.1 Å². The fourth-order valence-corrected chi connectivity index (χ4v) is 7.02. The Morgan fingerprint density at radius 1 is 0.711 bits per heavy atom. The number of rotatable bonds is 9. The minimum absolute atomic E-state index is 0.257. The first-order valence-corrected chi connectivity index (χ1v) is 15.0. The molecular weight excluding hydrogens is 466 g/mol. The summed E-state index contributed by atoms with van der Waals surface area (Å²) in [5.41, 5.74) is 5.69. The molecule has 7 rings (SSSR count). The molecule has 2 aromatic carbocycles. The summed E-state index contributed by atoms with van der Waals surface area (Å²) in [5, 5.41) is 0. The van der Waals surface area contributed by atoms with Crippen LogP contribution in [-0.4, -0.2) is 55.0 Å². The third-order valence-corrected chi connectivity index (χ3v) is 9.55. The first-order chi connectivity index (χ1) is 18.7. The summed E-state index contributed by atoms with van der Waals surface area (Å²) in [6.45, 7) is 6.86. The van der Waals surface area contributed by atoms with Crippen LogP contribution < -0.4 is 4.90 Å². The maximum Gasteiger partial charge on any atom is 0.242 e. The topological polar surface area (TPSA) is 26.8 Å². The molecule has 4 nitrogen and oxygen atoms in total. The normalized spacial score (nSPS) is 23.8. The summed E-state index contributed by atoms with van der Waals surface area (Å²) >= 11 is 0. The number of benzene rings is 2. The van der Waals surface area contributed by atoms with Gasteiger partial charge in [-0.3, -0.25) is 19.5 Å². The molecule has 4 heteroatoms. The maximum absolute atomic E-state index is 14.7. The smallest absolute Gasteiger partial charge is 0.242 e. The Balaban J connectivity index is 1.21. The molecule has 0 saturated heterocycles. The van der Waals surface area contributed by atoms with Crippen LogP contribution in [0.3, 0.4) is 0 Å². The monoisotopic (exact) mass is 507 g/mol. The molecule has 2 aliphatic carbocycles. The van der Waals surface area contributed by atoms with Crippen molar-refractivity contribution in [3.63, 3.8) is 0 Å². The van der Waals surface area contributed by atoms with Crippen molar-refractivity contribution in [1.29, 1.82) is 0 Å². The third kappa shape index (κ3) is 4.89. The van der Waals surface area contributed by atoms with Crippen molar-refractivity contribution in [3.05, 3.63) is 83.5 Å². The highest BCUT2D eigenvalue weighted by Gasteiger charge is 2.52. The van der Waals surface area contributed by atoms with Gasteiger partial charge in [-0.05, 0) is 87.0 Å². The second-order valence-electron chi connectivity index (χ2n) is 12.6. The van der Waals surface area contributed by atoms with Gasteiger partial charge in [0.25, 0.3) is 0 Å². The van der Waals surface area contributed by atoms with Gasteiger partial charge in [0.1, 0.15) is 0 Å². The molecule has 0 bridgehead atoms. The lowest BCUT2D eigenvalue weighted by atomic mass is 9.70. The van der Waals surface area contributed by atoms with Crippen LogP contribution in [0, 0.1) is 11.8 Å². The minimum atomic E-state index is -0.526. The van der Waals surface area contributed by atoms with Gasteiger partial charge in [0.2, 0.25) is 5.91 Å². The predicted octanol–water partition coefficient (Wildman–Crippen LogP) is 6.47. The van der Waals surface area contributed by atoms with Crippen molar-refractivity contribution in [2.75, 3.05) is 44.2 Å². The lowest BCUT2D eigenvalue weighted by Crippen LogP contribution is -2.41. The largest absolute Gasteiger partial charge is 0.299 e. The van der Waals surface area contributed by atoms with E-state index in [0.29, 0.717) is 0 Å². The van der Waals surface area contributed by atoms with Crippen LogP contribution in [0.2, 0.25) is 0 Å². The van der Waals surface area contributed by atoms with Crippen molar-refractivity contribution in [2.24, 2.45) is 11.8 Å². The molecule has 5 aliphatic rings. The van der Waals surface area contributed by atoms with Gasteiger partial charge in [-0.15, -0.1) is 0 Å². The van der Waals surface area contributed by atoms with Gasteiger partial charge in [0.15, 0.2) is 0 Å². The zero-order valence-corrected chi connectivity index (χ0v) is 22.7. The summed E-state index contributed by atoms with van der Waals surface area (Å²) in [6.07, 6.45) is 14.4. The Morgan fingerprint density at radius 2 is 1.26 bits per heavy atom. The zero-order valence-electron chi connectivity index (χ0n) is 22.7. The number of hydrogen-bond acceptors (Lipinski definition) is 3. The Labute approximate surface area is 228 Å². The molecule has 2 aromatic rings. The molecule has 3 heterocycles. The Morgan fingerprint density at radius 3 is 1.79 bits per heavy atom. The molecule has 198 valence electrons. The molecule has 0 spiro atoms. The van der Waals surface area contributed by atoms with Crippen LogP contribution in [-0.2, 0) is 10.2 Å². The van der Waals surface area contributed by atoms with E-state index < -0.39 is 5.41 Å². The van der Waals surface area contributed by atoms with E-state index in [1.54, 1.807) is 0 Å². The molecule has 1 amide bonds. The summed E-state index contributed by atoms with van der Waals surface area (Å²) in [6, 6.07) is 18.9. The first kappa shape index (κ1) is 24.4. The average molecular weight is 508 g/mol. The molecule has 0 radical (unpaired) electrons. The van der Waals surface area contributed by atoms with Crippen LogP contribution in [0.5, 0.6) is 0 Å². The molecule has 3 aliphatic heterocycles. The van der Waals surface area contributed by atoms with Crippen molar-refractivity contribution < 1.29 is 4.79 Å². The number of para-hydroxylation sites is 2. The SMILES string of the molecule is O=C1N(c2ccccc2)c2ccccc2C1(CC1=CCN(CC2CC2)CC1)CC1=CCN(CC2CC2)CC1. The predicted molar refractivity (Wildman–Crippen MR) is 155 cm³/mol. The van der Waals surface area contributed by atoms with Gasteiger partial charge >= 0.3 is 0 Å². The molecular formula is C34H41N3O. The summed E-state index contributed by atoms with van der Waals surface area (Å²) in [5.74, 6) is 2.11. The standard InChI is InChI=1S/C34H41N3O/c38-33-34(22-26-14-18-35(19-15-26)24-28-10-11-28,23-27-16-20-36(21-17-27)25-29-12-13-29)31-8-4-5-9-32(31)37(33)30-6-2-1-3-7-30/h1-9,14,16,28-29H,10-13,15,17-25H2. The number of anilines is 2. The minimum Gasteiger partial charge on any atom is -0.299 e.